The number of nitrogens with zero attached hydrogens (tertiary/aromatic N) is 1. The average molecular weight is 359 g/mol. The van der Waals surface area contributed by atoms with Crippen LogP contribution < -0.4 is 5.32 Å². The first-order valence-electron chi connectivity index (χ1n) is 7.79. The van der Waals surface area contributed by atoms with Crippen LogP contribution in [0.5, 0.6) is 0 Å². The standard InChI is InChI=1S/C19H16ClFN2O2/c1-12-17(18(23-25-12)14-4-8-16(21)9-5-14)19(24)22-11-10-13-2-6-15(20)7-3-13/h2-9H,10-11H2,1H3,(H,22,24). The third kappa shape index (κ3) is 4.06. The summed E-state index contributed by atoms with van der Waals surface area (Å²) in [6.07, 6.45) is 0.680. The molecule has 0 aliphatic rings. The predicted molar refractivity (Wildman–Crippen MR) is 94.1 cm³/mol. The van der Waals surface area contributed by atoms with Crippen molar-refractivity contribution in [3.05, 3.63) is 76.3 Å². The largest absolute Gasteiger partial charge is 0.360 e. The van der Waals surface area contributed by atoms with Crippen molar-refractivity contribution < 1.29 is 13.7 Å². The van der Waals surface area contributed by atoms with E-state index >= 15 is 0 Å². The fourth-order valence-corrected chi connectivity index (χ4v) is 2.63. The summed E-state index contributed by atoms with van der Waals surface area (Å²) >= 11 is 5.86. The van der Waals surface area contributed by atoms with Gasteiger partial charge >= 0.3 is 0 Å². The van der Waals surface area contributed by atoms with Gasteiger partial charge < -0.3 is 9.84 Å². The minimum atomic E-state index is -0.349. The van der Waals surface area contributed by atoms with Crippen molar-refractivity contribution in [2.75, 3.05) is 6.54 Å². The van der Waals surface area contributed by atoms with Crippen molar-refractivity contribution in [3.8, 4) is 11.3 Å². The highest BCUT2D eigenvalue weighted by atomic mass is 35.5. The highest BCUT2D eigenvalue weighted by Gasteiger charge is 2.21. The van der Waals surface area contributed by atoms with Gasteiger partial charge in [0.25, 0.3) is 5.91 Å². The van der Waals surface area contributed by atoms with Gasteiger partial charge in [0.2, 0.25) is 0 Å². The molecule has 0 saturated heterocycles. The number of halogens is 2. The van der Waals surface area contributed by atoms with Crippen molar-refractivity contribution >= 4 is 17.5 Å². The summed E-state index contributed by atoms with van der Waals surface area (Å²) in [5.74, 6) is -0.201. The van der Waals surface area contributed by atoms with Crippen LogP contribution in [-0.4, -0.2) is 17.6 Å². The Morgan fingerprint density at radius 1 is 1.16 bits per heavy atom. The summed E-state index contributed by atoms with van der Waals surface area (Å²) in [5, 5.41) is 7.48. The topological polar surface area (TPSA) is 55.1 Å². The maximum absolute atomic E-state index is 13.1. The van der Waals surface area contributed by atoms with Crippen molar-refractivity contribution in [2.45, 2.75) is 13.3 Å². The second kappa shape index (κ2) is 7.49. The highest BCUT2D eigenvalue weighted by molar-refractivity contribution is 6.30. The van der Waals surface area contributed by atoms with E-state index in [0.29, 0.717) is 40.6 Å². The lowest BCUT2D eigenvalue weighted by Crippen LogP contribution is -2.26. The SMILES string of the molecule is Cc1onc(-c2ccc(F)cc2)c1C(=O)NCCc1ccc(Cl)cc1. The van der Waals surface area contributed by atoms with Crippen molar-refractivity contribution in [1.29, 1.82) is 0 Å². The van der Waals surface area contributed by atoms with Crippen LogP contribution in [0.1, 0.15) is 21.7 Å². The first-order chi connectivity index (χ1) is 12.0. The molecule has 1 N–H and O–H groups in total. The Bertz CT molecular complexity index is 873. The summed E-state index contributed by atoms with van der Waals surface area (Å²) in [6.45, 7) is 2.14. The van der Waals surface area contributed by atoms with Crippen LogP contribution in [0.15, 0.2) is 53.1 Å². The maximum Gasteiger partial charge on any atom is 0.257 e. The second-order valence-corrected chi connectivity index (χ2v) is 6.04. The Morgan fingerprint density at radius 3 is 2.52 bits per heavy atom. The lowest BCUT2D eigenvalue weighted by atomic mass is 10.1. The van der Waals surface area contributed by atoms with E-state index in [1.54, 1.807) is 19.1 Å². The number of nitrogens with one attached hydrogen (secondary N) is 1. The average Bonchev–Trinajstić information content (AvgIpc) is 2.99. The molecule has 0 radical (unpaired) electrons. The normalized spacial score (nSPS) is 10.7. The molecular formula is C19H16ClFN2O2. The minimum Gasteiger partial charge on any atom is -0.360 e. The monoisotopic (exact) mass is 358 g/mol. The molecule has 0 bridgehead atoms. The van der Waals surface area contributed by atoms with Crippen LogP contribution in [-0.2, 0) is 6.42 Å². The number of carbonyl (C=O) groups excluding carboxylic acids is 1. The van der Waals surface area contributed by atoms with Gasteiger partial charge in [0.1, 0.15) is 22.8 Å². The molecule has 0 aliphatic carbocycles. The van der Waals surface area contributed by atoms with Crippen molar-refractivity contribution in [1.82, 2.24) is 10.5 Å². The van der Waals surface area contributed by atoms with Crippen LogP contribution in [0, 0.1) is 12.7 Å². The van der Waals surface area contributed by atoms with Gasteiger partial charge in [0.15, 0.2) is 0 Å². The van der Waals surface area contributed by atoms with Gasteiger partial charge in [-0.15, -0.1) is 0 Å². The molecule has 4 nitrogen and oxygen atoms in total. The van der Waals surface area contributed by atoms with Crippen molar-refractivity contribution in [3.63, 3.8) is 0 Å². The van der Waals surface area contributed by atoms with Crippen LogP contribution >= 0.6 is 11.6 Å². The molecular weight excluding hydrogens is 343 g/mol. The third-order valence-corrected chi connectivity index (χ3v) is 4.07. The molecule has 3 aromatic rings. The van der Waals surface area contributed by atoms with E-state index in [1.807, 2.05) is 24.3 Å². The number of hydrogen-bond acceptors (Lipinski definition) is 3. The summed E-state index contributed by atoms with van der Waals surface area (Å²) in [6, 6.07) is 13.2. The number of aromatic nitrogens is 1. The third-order valence-electron chi connectivity index (χ3n) is 3.82. The van der Waals surface area contributed by atoms with Gasteiger partial charge in [-0.25, -0.2) is 4.39 Å². The Labute approximate surface area is 149 Å². The number of rotatable bonds is 5. The van der Waals surface area contributed by atoms with Gasteiger partial charge in [-0.1, -0.05) is 28.9 Å². The molecule has 0 spiro atoms. The Hall–Kier alpha value is -2.66. The van der Waals surface area contributed by atoms with E-state index in [2.05, 4.69) is 10.5 Å². The predicted octanol–water partition coefficient (Wildman–Crippen LogP) is 4.42. The molecule has 0 atom stereocenters. The molecule has 6 heteroatoms. The molecule has 1 aromatic heterocycles. The van der Waals surface area contributed by atoms with Crippen LogP contribution in [0.25, 0.3) is 11.3 Å². The molecule has 1 heterocycles. The zero-order chi connectivity index (χ0) is 17.8. The summed E-state index contributed by atoms with van der Waals surface area (Å²) in [4.78, 5) is 12.5. The zero-order valence-electron chi connectivity index (χ0n) is 13.6. The van der Waals surface area contributed by atoms with E-state index in [9.17, 15) is 9.18 Å². The fourth-order valence-electron chi connectivity index (χ4n) is 2.50. The number of hydrogen-bond donors (Lipinski definition) is 1. The Kier molecular flexibility index (Phi) is 5.14. The van der Waals surface area contributed by atoms with Crippen molar-refractivity contribution in [2.24, 2.45) is 0 Å². The van der Waals surface area contributed by atoms with E-state index in [-0.39, 0.29) is 11.7 Å². The van der Waals surface area contributed by atoms with Crippen LogP contribution in [0.4, 0.5) is 4.39 Å². The molecule has 0 unspecified atom stereocenters. The first kappa shape index (κ1) is 17.2. The summed E-state index contributed by atoms with van der Waals surface area (Å²) < 4.78 is 18.2. The van der Waals surface area contributed by atoms with E-state index in [4.69, 9.17) is 16.1 Å². The smallest absolute Gasteiger partial charge is 0.257 e. The Morgan fingerprint density at radius 2 is 1.84 bits per heavy atom. The Balaban J connectivity index is 1.70. The number of carbonyl (C=O) groups is 1. The number of aryl methyl sites for hydroxylation is 1. The minimum absolute atomic E-state index is 0.271. The zero-order valence-corrected chi connectivity index (χ0v) is 14.3. The highest BCUT2D eigenvalue weighted by Crippen LogP contribution is 2.25. The van der Waals surface area contributed by atoms with E-state index in [1.165, 1.54) is 12.1 Å². The second-order valence-electron chi connectivity index (χ2n) is 5.60. The van der Waals surface area contributed by atoms with Crippen LogP contribution in [0.2, 0.25) is 5.02 Å². The summed E-state index contributed by atoms with van der Waals surface area (Å²) in [5.41, 5.74) is 2.47. The first-order valence-corrected chi connectivity index (χ1v) is 8.17. The fraction of sp³-hybridized carbons (Fsp3) is 0.158. The van der Waals surface area contributed by atoms with Gasteiger partial charge in [0, 0.05) is 17.1 Å². The van der Waals surface area contributed by atoms with E-state index < -0.39 is 0 Å². The molecule has 1 amide bonds. The molecule has 0 saturated carbocycles. The number of amides is 1. The summed E-state index contributed by atoms with van der Waals surface area (Å²) in [7, 11) is 0. The molecule has 2 aromatic carbocycles. The maximum atomic E-state index is 13.1. The lowest BCUT2D eigenvalue weighted by Gasteiger charge is -2.06. The van der Waals surface area contributed by atoms with Gasteiger partial charge in [-0.05, 0) is 55.3 Å². The quantitative estimate of drug-likeness (QED) is 0.734. The van der Waals surface area contributed by atoms with Gasteiger partial charge in [-0.2, -0.15) is 0 Å². The molecule has 0 aliphatic heterocycles. The molecule has 3 rings (SSSR count). The van der Waals surface area contributed by atoms with E-state index in [0.717, 1.165) is 5.56 Å². The van der Waals surface area contributed by atoms with Crippen LogP contribution in [0.3, 0.4) is 0 Å². The molecule has 25 heavy (non-hydrogen) atoms. The van der Waals surface area contributed by atoms with Gasteiger partial charge in [-0.3, -0.25) is 4.79 Å². The number of benzene rings is 2. The molecule has 0 fully saturated rings. The molecule has 128 valence electrons. The van der Waals surface area contributed by atoms with Gasteiger partial charge in [0.05, 0.1) is 0 Å². The lowest BCUT2D eigenvalue weighted by molar-refractivity contribution is 0.0953.